The molecule has 0 bridgehead atoms. The number of benzene rings is 2. The number of nitro benzene ring substituents is 1. The van der Waals surface area contributed by atoms with Crippen LogP contribution in [0.5, 0.6) is 0 Å². The van der Waals surface area contributed by atoms with Crippen LogP contribution in [0.15, 0.2) is 42.5 Å². The second kappa shape index (κ2) is 7.57. The molecule has 0 aliphatic rings. The van der Waals surface area contributed by atoms with E-state index in [0.717, 1.165) is 11.1 Å². The van der Waals surface area contributed by atoms with Gasteiger partial charge >= 0.3 is 0 Å². The van der Waals surface area contributed by atoms with Gasteiger partial charge in [0.05, 0.1) is 22.3 Å². The molecule has 0 saturated carbocycles. The molecule has 0 aliphatic heterocycles. The molecule has 1 unspecified atom stereocenters. The Balaban J connectivity index is 2.26. The first kappa shape index (κ1) is 17.4. The Kier molecular flexibility index (Phi) is 5.51. The van der Waals surface area contributed by atoms with Crippen LogP contribution >= 0.6 is 0 Å². The summed E-state index contributed by atoms with van der Waals surface area (Å²) in [6.07, 6.45) is -0.715. The van der Waals surface area contributed by atoms with Gasteiger partial charge in [0, 0.05) is 25.2 Å². The molecule has 0 radical (unpaired) electrons. The Morgan fingerprint density at radius 1 is 1.29 bits per heavy atom. The summed E-state index contributed by atoms with van der Waals surface area (Å²) in [5.41, 5.74) is 2.59. The van der Waals surface area contributed by atoms with Crippen molar-refractivity contribution in [2.45, 2.75) is 20.0 Å². The van der Waals surface area contributed by atoms with Crippen molar-refractivity contribution in [3.63, 3.8) is 0 Å². The number of rotatable bonds is 6. The summed E-state index contributed by atoms with van der Waals surface area (Å²) in [5.74, 6) is 0. The van der Waals surface area contributed by atoms with Crippen LogP contribution in [-0.4, -0.2) is 23.1 Å². The van der Waals surface area contributed by atoms with Crippen LogP contribution in [-0.2, 0) is 0 Å². The van der Waals surface area contributed by atoms with Crippen LogP contribution < -0.4 is 4.90 Å². The lowest BCUT2D eigenvalue weighted by Gasteiger charge is -2.27. The van der Waals surface area contributed by atoms with Crippen molar-refractivity contribution < 1.29 is 10.0 Å². The van der Waals surface area contributed by atoms with Crippen LogP contribution in [0, 0.1) is 28.4 Å². The third kappa shape index (κ3) is 3.89. The first-order valence-corrected chi connectivity index (χ1v) is 7.64. The van der Waals surface area contributed by atoms with Crippen LogP contribution in [0.25, 0.3) is 0 Å². The van der Waals surface area contributed by atoms with Gasteiger partial charge in [-0.2, -0.15) is 5.26 Å². The Morgan fingerprint density at radius 2 is 1.96 bits per heavy atom. The van der Waals surface area contributed by atoms with Crippen LogP contribution in [0.1, 0.15) is 29.7 Å². The van der Waals surface area contributed by atoms with Gasteiger partial charge in [0.15, 0.2) is 0 Å². The highest BCUT2D eigenvalue weighted by Crippen LogP contribution is 2.27. The number of non-ortho nitro benzene ring substituents is 1. The van der Waals surface area contributed by atoms with Crippen molar-refractivity contribution in [3.05, 3.63) is 69.3 Å². The summed E-state index contributed by atoms with van der Waals surface area (Å²) in [4.78, 5) is 12.2. The summed E-state index contributed by atoms with van der Waals surface area (Å²) >= 11 is 0. The van der Waals surface area contributed by atoms with Gasteiger partial charge < -0.3 is 10.0 Å². The van der Waals surface area contributed by atoms with E-state index in [-0.39, 0.29) is 11.3 Å². The van der Waals surface area contributed by atoms with E-state index >= 15 is 0 Å². The van der Waals surface area contributed by atoms with Crippen molar-refractivity contribution in [2.24, 2.45) is 0 Å². The summed E-state index contributed by atoms with van der Waals surface area (Å²) in [6, 6.07) is 13.8. The summed E-state index contributed by atoms with van der Waals surface area (Å²) in [7, 11) is 0. The molecule has 0 fully saturated rings. The van der Waals surface area contributed by atoms with Crippen molar-refractivity contribution >= 4 is 11.4 Å². The minimum Gasteiger partial charge on any atom is -0.387 e. The van der Waals surface area contributed by atoms with E-state index in [0.29, 0.717) is 18.8 Å². The molecule has 0 aromatic heterocycles. The zero-order valence-corrected chi connectivity index (χ0v) is 13.6. The predicted octanol–water partition coefficient (Wildman–Crippen LogP) is 3.33. The first-order valence-electron chi connectivity index (χ1n) is 7.64. The number of nitrogens with zero attached hydrogens (tertiary/aromatic N) is 3. The number of nitro groups is 1. The number of aliphatic hydroxyl groups excluding tert-OH is 1. The number of aliphatic hydroxyl groups is 1. The zero-order chi connectivity index (χ0) is 17.7. The number of nitriles is 1. The molecular formula is C18H19N3O3. The van der Waals surface area contributed by atoms with Gasteiger partial charge in [0.1, 0.15) is 6.07 Å². The first-order chi connectivity index (χ1) is 11.5. The Labute approximate surface area is 140 Å². The fraction of sp³-hybridized carbons (Fsp3) is 0.278. The molecule has 124 valence electrons. The lowest BCUT2D eigenvalue weighted by Crippen LogP contribution is -2.29. The maximum absolute atomic E-state index is 10.9. The summed E-state index contributed by atoms with van der Waals surface area (Å²) < 4.78 is 0. The molecule has 1 atom stereocenters. The number of likely N-dealkylation sites (N-methyl/N-ethyl adjacent to an activating group) is 1. The fourth-order valence-corrected chi connectivity index (χ4v) is 2.50. The van der Waals surface area contributed by atoms with E-state index in [4.69, 9.17) is 0 Å². The van der Waals surface area contributed by atoms with Gasteiger partial charge in [-0.25, -0.2) is 0 Å². The van der Waals surface area contributed by atoms with Crippen LogP contribution in [0.2, 0.25) is 0 Å². The molecule has 2 rings (SSSR count). The maximum atomic E-state index is 10.9. The smallest absolute Gasteiger partial charge is 0.270 e. The predicted molar refractivity (Wildman–Crippen MR) is 91.8 cm³/mol. The van der Waals surface area contributed by atoms with Crippen LogP contribution in [0.4, 0.5) is 11.4 Å². The van der Waals surface area contributed by atoms with Gasteiger partial charge in [-0.3, -0.25) is 10.1 Å². The zero-order valence-electron chi connectivity index (χ0n) is 13.6. The van der Waals surface area contributed by atoms with E-state index in [1.807, 2.05) is 49.1 Å². The maximum Gasteiger partial charge on any atom is 0.270 e. The minimum absolute atomic E-state index is 0.120. The molecule has 2 aromatic rings. The standard InChI is InChI=1S/C18H19N3O3/c1-3-20(12-18(22)14-6-4-13(2)5-7-14)17-9-8-16(21(23)24)10-15(17)11-19/h4-10,18,22H,3,12H2,1-2H3. The molecule has 0 spiro atoms. The minimum atomic E-state index is -0.715. The molecule has 2 aromatic carbocycles. The van der Waals surface area contributed by atoms with Crippen molar-refractivity contribution in [1.82, 2.24) is 0 Å². The highest BCUT2D eigenvalue weighted by Gasteiger charge is 2.18. The van der Waals surface area contributed by atoms with Gasteiger partial charge in [0.2, 0.25) is 0 Å². The normalized spacial score (nSPS) is 11.6. The van der Waals surface area contributed by atoms with E-state index < -0.39 is 11.0 Å². The molecule has 0 saturated heterocycles. The monoisotopic (exact) mass is 325 g/mol. The molecule has 0 amide bonds. The second-order valence-corrected chi connectivity index (χ2v) is 5.54. The van der Waals surface area contributed by atoms with E-state index in [2.05, 4.69) is 0 Å². The number of aryl methyl sites for hydroxylation is 1. The highest BCUT2D eigenvalue weighted by atomic mass is 16.6. The quantitative estimate of drug-likeness (QED) is 0.650. The third-order valence-corrected chi connectivity index (χ3v) is 3.89. The number of hydrogen-bond donors (Lipinski definition) is 1. The lowest BCUT2D eigenvalue weighted by molar-refractivity contribution is -0.384. The van der Waals surface area contributed by atoms with Crippen LogP contribution in [0.3, 0.4) is 0 Å². The summed E-state index contributed by atoms with van der Waals surface area (Å²) in [6.45, 7) is 4.75. The molecule has 24 heavy (non-hydrogen) atoms. The summed E-state index contributed by atoms with van der Waals surface area (Å²) in [5, 5.41) is 30.6. The van der Waals surface area contributed by atoms with E-state index in [1.54, 1.807) is 6.07 Å². The van der Waals surface area contributed by atoms with Gasteiger partial charge in [-0.1, -0.05) is 29.8 Å². The average Bonchev–Trinajstić information content (AvgIpc) is 2.59. The number of anilines is 1. The van der Waals surface area contributed by atoms with E-state index in [1.165, 1.54) is 12.1 Å². The Morgan fingerprint density at radius 3 is 2.50 bits per heavy atom. The second-order valence-electron chi connectivity index (χ2n) is 5.54. The Bertz CT molecular complexity index is 766. The molecule has 6 heteroatoms. The van der Waals surface area contributed by atoms with Crippen molar-refractivity contribution in [2.75, 3.05) is 18.0 Å². The van der Waals surface area contributed by atoms with Gasteiger partial charge in [0.25, 0.3) is 5.69 Å². The molecule has 6 nitrogen and oxygen atoms in total. The molecule has 0 heterocycles. The average molecular weight is 325 g/mol. The topological polar surface area (TPSA) is 90.4 Å². The van der Waals surface area contributed by atoms with Gasteiger partial charge in [-0.05, 0) is 25.5 Å². The third-order valence-electron chi connectivity index (χ3n) is 3.89. The van der Waals surface area contributed by atoms with Crippen molar-refractivity contribution in [3.8, 4) is 6.07 Å². The fourth-order valence-electron chi connectivity index (χ4n) is 2.50. The SMILES string of the molecule is CCN(CC(O)c1ccc(C)cc1)c1ccc([N+](=O)[O-])cc1C#N. The molecule has 0 aliphatic carbocycles. The lowest BCUT2D eigenvalue weighted by atomic mass is 10.1. The highest BCUT2D eigenvalue weighted by molar-refractivity contribution is 5.63. The largest absolute Gasteiger partial charge is 0.387 e. The molecular weight excluding hydrogens is 306 g/mol. The number of hydrogen-bond acceptors (Lipinski definition) is 5. The van der Waals surface area contributed by atoms with Gasteiger partial charge in [-0.15, -0.1) is 0 Å². The Hall–Kier alpha value is -2.91. The van der Waals surface area contributed by atoms with Crippen molar-refractivity contribution in [1.29, 1.82) is 5.26 Å². The molecule has 1 N–H and O–H groups in total. The van der Waals surface area contributed by atoms with E-state index in [9.17, 15) is 20.5 Å².